The number of hydrogen-bond acceptors (Lipinski definition) is 7. The Morgan fingerprint density at radius 3 is 2.75 bits per heavy atom. The molecule has 32 heavy (non-hydrogen) atoms. The molecule has 0 aliphatic carbocycles. The van der Waals surface area contributed by atoms with E-state index in [2.05, 4.69) is 49.8 Å². The van der Waals surface area contributed by atoms with Crippen LogP contribution in [0.5, 0.6) is 0 Å². The Kier molecular flexibility index (Phi) is 6.64. The monoisotopic (exact) mass is 478 g/mol. The second-order valence-corrected chi connectivity index (χ2v) is 14.7. The fraction of sp³-hybridized carbons (Fsp3) is 0.591. The highest BCUT2D eigenvalue weighted by Gasteiger charge is 2.53. The van der Waals surface area contributed by atoms with E-state index in [9.17, 15) is 4.79 Å². The quantitative estimate of drug-likeness (QED) is 0.286. The minimum atomic E-state index is -2.14. The van der Waals surface area contributed by atoms with Crippen molar-refractivity contribution >= 4 is 42.7 Å². The molecule has 0 unspecified atom stereocenters. The fourth-order valence-electron chi connectivity index (χ4n) is 3.36. The van der Waals surface area contributed by atoms with Crippen molar-refractivity contribution in [3.63, 3.8) is 0 Å². The van der Waals surface area contributed by atoms with Gasteiger partial charge >= 0.3 is 5.97 Å². The lowest BCUT2D eigenvalue weighted by atomic mass is 9.98. The van der Waals surface area contributed by atoms with Crippen LogP contribution in [-0.2, 0) is 18.7 Å². The maximum atomic E-state index is 12.2. The maximum absolute atomic E-state index is 12.2. The zero-order valence-corrected chi connectivity index (χ0v) is 21.2. The van der Waals surface area contributed by atoms with E-state index in [-0.39, 0.29) is 35.1 Å². The highest BCUT2D eigenvalue weighted by molar-refractivity contribution is 6.74. The van der Waals surface area contributed by atoms with E-state index in [1.54, 1.807) is 23.8 Å². The SMILES string of the molecule is C#C[C@]1(CO[Si](C)(C)C(C)(C)C)O[C@@H](n2ccc3c(N)nc(Cl)nc32)C[C@@H]1OC(=O)CC. The molecule has 0 amide bonds. The molecule has 0 spiro atoms. The van der Waals surface area contributed by atoms with E-state index < -0.39 is 26.3 Å². The van der Waals surface area contributed by atoms with E-state index in [0.29, 0.717) is 17.5 Å². The third-order valence-electron chi connectivity index (χ3n) is 6.43. The summed E-state index contributed by atoms with van der Waals surface area (Å²) >= 11 is 6.03. The van der Waals surface area contributed by atoms with Gasteiger partial charge in [-0.2, -0.15) is 4.98 Å². The molecule has 1 fully saturated rings. The molecule has 0 radical (unpaired) electrons. The molecular formula is C22H31ClN4O4Si. The Balaban J connectivity index is 1.97. The zero-order valence-electron chi connectivity index (χ0n) is 19.4. The van der Waals surface area contributed by atoms with E-state index in [1.165, 1.54) is 0 Å². The molecule has 0 bridgehead atoms. The van der Waals surface area contributed by atoms with Gasteiger partial charge in [-0.25, -0.2) is 4.98 Å². The summed E-state index contributed by atoms with van der Waals surface area (Å²) in [6.07, 6.45) is 7.11. The van der Waals surface area contributed by atoms with Gasteiger partial charge in [0.15, 0.2) is 13.9 Å². The molecule has 3 atom stereocenters. The Labute approximate surface area is 194 Å². The predicted octanol–water partition coefficient (Wildman–Crippen LogP) is 4.30. The lowest BCUT2D eigenvalue weighted by molar-refractivity contribution is -0.158. The number of esters is 1. The van der Waals surface area contributed by atoms with Gasteiger partial charge in [0.1, 0.15) is 23.8 Å². The summed E-state index contributed by atoms with van der Waals surface area (Å²) in [7, 11) is -2.14. The van der Waals surface area contributed by atoms with Gasteiger partial charge in [0.25, 0.3) is 0 Å². The topological polar surface area (TPSA) is 101 Å². The van der Waals surface area contributed by atoms with Crippen LogP contribution in [0, 0.1) is 12.3 Å². The first-order valence-electron chi connectivity index (χ1n) is 10.6. The summed E-state index contributed by atoms with van der Waals surface area (Å²) in [5.74, 6) is 2.67. The Morgan fingerprint density at radius 2 is 2.16 bits per heavy atom. The van der Waals surface area contributed by atoms with Crippen LogP contribution in [0.15, 0.2) is 12.3 Å². The number of nitrogens with two attached hydrogens (primary N) is 1. The number of ether oxygens (including phenoxy) is 2. The Morgan fingerprint density at radius 1 is 1.47 bits per heavy atom. The highest BCUT2D eigenvalue weighted by Crippen LogP contribution is 2.43. The van der Waals surface area contributed by atoms with Gasteiger partial charge in [-0.3, -0.25) is 4.79 Å². The molecule has 1 saturated heterocycles. The number of carbonyl (C=O) groups is 1. The zero-order chi connectivity index (χ0) is 23.9. The van der Waals surface area contributed by atoms with Gasteiger partial charge < -0.3 is 24.2 Å². The van der Waals surface area contributed by atoms with Gasteiger partial charge in [-0.1, -0.05) is 33.6 Å². The fourth-order valence-corrected chi connectivity index (χ4v) is 4.54. The molecule has 0 saturated carbocycles. The van der Waals surface area contributed by atoms with E-state index >= 15 is 0 Å². The van der Waals surface area contributed by atoms with Crippen LogP contribution in [0.1, 0.15) is 46.8 Å². The number of anilines is 1. The summed E-state index contributed by atoms with van der Waals surface area (Å²) < 4.78 is 20.3. The number of nitrogens with zero attached hydrogens (tertiary/aromatic N) is 3. The molecule has 2 aromatic heterocycles. The normalized spacial score (nSPS) is 23.9. The van der Waals surface area contributed by atoms with Gasteiger partial charge in [0, 0.05) is 19.0 Å². The van der Waals surface area contributed by atoms with Crippen molar-refractivity contribution in [1.29, 1.82) is 0 Å². The van der Waals surface area contributed by atoms with E-state index in [1.807, 2.05) is 0 Å². The Hall–Kier alpha value is -2.12. The first-order chi connectivity index (χ1) is 14.8. The van der Waals surface area contributed by atoms with Crippen LogP contribution in [0.3, 0.4) is 0 Å². The molecule has 1 aliphatic heterocycles. The predicted molar refractivity (Wildman–Crippen MR) is 127 cm³/mol. The van der Waals surface area contributed by atoms with E-state index in [4.69, 9.17) is 37.7 Å². The van der Waals surface area contributed by atoms with Crippen LogP contribution in [0.25, 0.3) is 11.0 Å². The molecule has 2 aromatic rings. The average molecular weight is 479 g/mol. The first kappa shape index (κ1) is 24.5. The largest absolute Gasteiger partial charge is 0.458 e. The molecule has 10 heteroatoms. The standard InChI is InChI=1S/C22H31ClN4O4Si/c1-8-17(28)30-15-12-16(27-11-10-14-18(24)25-20(23)26-19(14)27)31-22(15,9-2)13-29-32(6,7)21(3,4)5/h2,10-11,15-16H,8,12-13H2,1,3-7H3,(H2,24,25,26)/t15-,16+,22+/m0/s1. The molecule has 0 aromatic carbocycles. The third kappa shape index (κ3) is 4.50. The summed E-state index contributed by atoms with van der Waals surface area (Å²) in [5, 5.41) is 0.667. The summed E-state index contributed by atoms with van der Waals surface area (Å²) in [6.45, 7) is 12.6. The van der Waals surface area contributed by atoms with Crippen molar-refractivity contribution in [1.82, 2.24) is 14.5 Å². The number of rotatable bonds is 6. The Bertz CT molecular complexity index is 1060. The van der Waals surface area contributed by atoms with Crippen LogP contribution >= 0.6 is 11.6 Å². The second kappa shape index (κ2) is 8.67. The number of hydrogen-bond donors (Lipinski definition) is 1. The number of fused-ring (bicyclic) bond motifs is 1. The molecule has 8 nitrogen and oxygen atoms in total. The third-order valence-corrected chi connectivity index (χ3v) is 11.1. The van der Waals surface area contributed by atoms with Crippen molar-refractivity contribution in [2.45, 2.75) is 76.6 Å². The molecule has 1 aliphatic rings. The summed E-state index contributed by atoms with van der Waals surface area (Å²) in [5.41, 5.74) is 5.28. The number of terminal acetylenes is 1. The van der Waals surface area contributed by atoms with Crippen LogP contribution in [0.4, 0.5) is 5.82 Å². The second-order valence-electron chi connectivity index (χ2n) is 9.56. The van der Waals surface area contributed by atoms with Gasteiger partial charge in [-0.15, -0.1) is 6.42 Å². The summed E-state index contributed by atoms with van der Waals surface area (Å²) in [4.78, 5) is 20.5. The average Bonchev–Trinajstić information content (AvgIpc) is 3.27. The van der Waals surface area contributed by atoms with Crippen molar-refractivity contribution in [3.05, 3.63) is 17.5 Å². The molecule has 174 valence electrons. The molecule has 3 rings (SSSR count). The van der Waals surface area contributed by atoms with Crippen molar-refractivity contribution in [2.75, 3.05) is 12.3 Å². The number of carbonyl (C=O) groups excluding carboxylic acids is 1. The van der Waals surface area contributed by atoms with Crippen LogP contribution < -0.4 is 5.73 Å². The summed E-state index contributed by atoms with van der Waals surface area (Å²) in [6, 6.07) is 1.79. The van der Waals surface area contributed by atoms with Gasteiger partial charge in [0.2, 0.25) is 5.28 Å². The van der Waals surface area contributed by atoms with Gasteiger partial charge in [-0.05, 0) is 35.8 Å². The highest BCUT2D eigenvalue weighted by atomic mass is 35.5. The molecule has 3 heterocycles. The van der Waals surface area contributed by atoms with Crippen molar-refractivity contribution < 1.29 is 18.7 Å². The molecule has 2 N–H and O–H groups in total. The lowest BCUT2D eigenvalue weighted by Crippen LogP contribution is -2.50. The number of aromatic nitrogens is 3. The van der Waals surface area contributed by atoms with Crippen LogP contribution in [-0.4, -0.2) is 47.1 Å². The number of halogens is 1. The van der Waals surface area contributed by atoms with E-state index in [0.717, 1.165) is 0 Å². The smallest absolute Gasteiger partial charge is 0.305 e. The van der Waals surface area contributed by atoms with Crippen molar-refractivity contribution in [3.8, 4) is 12.3 Å². The van der Waals surface area contributed by atoms with Gasteiger partial charge in [0.05, 0.1) is 12.0 Å². The lowest BCUT2D eigenvalue weighted by Gasteiger charge is -2.39. The minimum Gasteiger partial charge on any atom is -0.458 e. The maximum Gasteiger partial charge on any atom is 0.305 e. The first-order valence-corrected chi connectivity index (χ1v) is 13.9. The number of nitrogen functional groups attached to an aromatic ring is 1. The van der Waals surface area contributed by atoms with Crippen LogP contribution in [0.2, 0.25) is 23.4 Å². The molecular weight excluding hydrogens is 448 g/mol. The minimum absolute atomic E-state index is 0.0157. The van der Waals surface area contributed by atoms with Crippen molar-refractivity contribution in [2.24, 2.45) is 0 Å².